The molecular weight excluding hydrogens is 736 g/mol. The van der Waals surface area contributed by atoms with Crippen molar-refractivity contribution in [3.63, 3.8) is 0 Å². The molecule has 0 spiro atoms. The third-order valence-corrected chi connectivity index (χ3v) is 11.7. The maximum absolute atomic E-state index is 16.1. The van der Waals surface area contributed by atoms with Crippen LogP contribution in [-0.2, 0) is 9.59 Å². The van der Waals surface area contributed by atoms with Gasteiger partial charge in [0.2, 0.25) is 11.8 Å². The number of halogens is 1. The molecule has 16 nitrogen and oxygen atoms in total. The van der Waals surface area contributed by atoms with Gasteiger partial charge in [0.15, 0.2) is 11.3 Å². The maximum Gasteiger partial charge on any atom is 0.262 e. The van der Waals surface area contributed by atoms with Gasteiger partial charge in [-0.1, -0.05) is 0 Å². The second-order valence-electron chi connectivity index (χ2n) is 15.9. The van der Waals surface area contributed by atoms with Crippen molar-refractivity contribution in [3.05, 3.63) is 77.9 Å². The van der Waals surface area contributed by atoms with E-state index in [1.807, 2.05) is 27.9 Å². The first-order valence-corrected chi connectivity index (χ1v) is 19.4. The van der Waals surface area contributed by atoms with Gasteiger partial charge in [0, 0.05) is 61.8 Å². The predicted octanol–water partition coefficient (Wildman–Crippen LogP) is 3.39. The number of anilines is 2. The van der Waals surface area contributed by atoms with Gasteiger partial charge >= 0.3 is 0 Å². The first kappa shape index (κ1) is 35.2. The van der Waals surface area contributed by atoms with Gasteiger partial charge in [-0.05, 0) is 68.4 Å². The minimum absolute atomic E-state index is 0.0460. The Balaban J connectivity index is 0.770. The fraction of sp³-hybridized carbons (Fsp3) is 0.400. The van der Waals surface area contributed by atoms with E-state index in [9.17, 15) is 24.0 Å². The summed E-state index contributed by atoms with van der Waals surface area (Å²) in [5.41, 5.74) is 1.69. The number of likely N-dealkylation sites (tertiary alicyclic amines) is 1. The van der Waals surface area contributed by atoms with Crippen molar-refractivity contribution in [1.82, 2.24) is 39.5 Å². The summed E-state index contributed by atoms with van der Waals surface area (Å²) in [5.74, 6) is -1.51. The van der Waals surface area contributed by atoms with Gasteiger partial charge in [0.1, 0.15) is 17.4 Å². The molecule has 5 aliphatic rings. The van der Waals surface area contributed by atoms with E-state index >= 15 is 4.39 Å². The van der Waals surface area contributed by atoms with Crippen molar-refractivity contribution < 1.29 is 33.1 Å². The number of alkyl halides is 1. The molecule has 292 valence electrons. The summed E-state index contributed by atoms with van der Waals surface area (Å²) in [6.45, 7) is 2.53. The van der Waals surface area contributed by atoms with Gasteiger partial charge < -0.3 is 15.0 Å². The van der Waals surface area contributed by atoms with Crippen LogP contribution in [0.25, 0.3) is 16.6 Å². The van der Waals surface area contributed by atoms with Crippen molar-refractivity contribution in [2.75, 3.05) is 49.5 Å². The quantitative estimate of drug-likeness (QED) is 0.199. The summed E-state index contributed by atoms with van der Waals surface area (Å²) in [7, 11) is 0. The number of benzene rings is 2. The number of ether oxygens (including phenoxy) is 1. The summed E-state index contributed by atoms with van der Waals surface area (Å²) in [5, 5.41) is 15.2. The lowest BCUT2D eigenvalue weighted by Crippen LogP contribution is -2.64. The molecule has 3 aromatic heterocycles. The molecule has 2 N–H and O–H groups in total. The van der Waals surface area contributed by atoms with E-state index in [0.717, 1.165) is 41.5 Å². The lowest BCUT2D eigenvalue weighted by atomic mass is 9.92. The molecule has 57 heavy (non-hydrogen) atoms. The minimum Gasteiger partial charge on any atom is -0.491 e. The molecule has 1 saturated carbocycles. The number of rotatable bonds is 10. The van der Waals surface area contributed by atoms with Crippen molar-refractivity contribution in [2.45, 2.75) is 56.3 Å². The molecule has 4 aliphatic heterocycles. The van der Waals surface area contributed by atoms with Crippen molar-refractivity contribution in [1.29, 1.82) is 0 Å². The zero-order valence-electron chi connectivity index (χ0n) is 30.9. The van der Waals surface area contributed by atoms with E-state index in [-0.39, 0.29) is 55.6 Å². The van der Waals surface area contributed by atoms with Gasteiger partial charge in [-0.25, -0.2) is 13.9 Å². The van der Waals surface area contributed by atoms with E-state index in [2.05, 4.69) is 25.6 Å². The number of carbonyl (C=O) groups is 5. The molecule has 1 aliphatic carbocycles. The minimum atomic E-state index is -1.44. The Morgan fingerprint density at radius 3 is 2.60 bits per heavy atom. The first-order valence-electron chi connectivity index (χ1n) is 19.4. The molecule has 2 aromatic carbocycles. The van der Waals surface area contributed by atoms with E-state index in [4.69, 9.17) is 9.84 Å². The van der Waals surface area contributed by atoms with Crippen LogP contribution >= 0.6 is 0 Å². The monoisotopic (exact) mass is 774 g/mol. The van der Waals surface area contributed by atoms with Crippen LogP contribution in [0.2, 0.25) is 0 Å². The molecule has 5 amide bonds. The van der Waals surface area contributed by atoms with E-state index in [1.165, 1.54) is 6.20 Å². The summed E-state index contributed by atoms with van der Waals surface area (Å²) < 4.78 is 25.8. The molecule has 0 unspecified atom stereocenters. The molecule has 7 heterocycles. The van der Waals surface area contributed by atoms with Crippen molar-refractivity contribution >= 4 is 57.5 Å². The average Bonchev–Trinajstić information content (AvgIpc) is 3.68. The smallest absolute Gasteiger partial charge is 0.262 e. The normalized spacial score (nSPS) is 21.2. The molecule has 17 heteroatoms. The summed E-state index contributed by atoms with van der Waals surface area (Å²) in [6, 6.07) is 9.45. The van der Waals surface area contributed by atoms with Crippen LogP contribution in [0.5, 0.6) is 5.75 Å². The number of piperidine rings is 2. The highest BCUT2D eigenvalue weighted by Gasteiger charge is 2.48. The zero-order valence-corrected chi connectivity index (χ0v) is 30.9. The van der Waals surface area contributed by atoms with Crippen LogP contribution in [0.3, 0.4) is 0 Å². The summed E-state index contributed by atoms with van der Waals surface area (Å²) in [4.78, 5) is 73.1. The first-order chi connectivity index (χ1) is 27.6. The molecule has 0 bridgehead atoms. The van der Waals surface area contributed by atoms with Crippen LogP contribution in [0.4, 0.5) is 15.8 Å². The molecule has 3 saturated heterocycles. The Labute approximate surface area is 324 Å². The van der Waals surface area contributed by atoms with Crippen LogP contribution in [0, 0.1) is 5.92 Å². The molecule has 4 fully saturated rings. The van der Waals surface area contributed by atoms with Gasteiger partial charge in [0.25, 0.3) is 17.7 Å². The van der Waals surface area contributed by atoms with Crippen LogP contribution in [0.15, 0.2) is 61.2 Å². The summed E-state index contributed by atoms with van der Waals surface area (Å²) >= 11 is 0. The van der Waals surface area contributed by atoms with Gasteiger partial charge in [-0.3, -0.25) is 43.8 Å². The number of fused-ring (bicyclic) bond motifs is 3. The Morgan fingerprint density at radius 1 is 1.00 bits per heavy atom. The highest BCUT2D eigenvalue weighted by atomic mass is 19.1. The predicted molar refractivity (Wildman–Crippen MR) is 203 cm³/mol. The standard InChI is InChI=1S/C40H39FN10O6/c41-40(21-48(22-40)26-4-5-27-28(15-26)39(56)51(38(27)55)32-6-7-34(52)45-37(32)54)20-47-12-8-25(9-13-47)50-18-24-14-31(33(16-30(24)46-50)57-19-23-2-3-23)44-36(53)29-17-43-49-11-1-10-42-35(29)49/h1,4-5,10-11,14-18,23,25,32H,2-3,6-9,12-13,19-22H2,(H,44,53)(H,45,52,54)/t32-/m0/s1. The second kappa shape index (κ2) is 13.5. The zero-order chi connectivity index (χ0) is 39.0. The lowest BCUT2D eigenvalue weighted by Gasteiger charge is -2.48. The Bertz CT molecular complexity index is 2500. The SMILES string of the molecule is O=C1CC[C@H](N2C(=O)c3ccc(N4CC(F)(CN5CCC(n6cc7cc(NC(=O)c8cnn9cccnc89)c(OCC8CC8)cc7n6)CC5)C4)cc3C2=O)C(=O)N1. The summed E-state index contributed by atoms with van der Waals surface area (Å²) in [6.07, 6.45) is 10.8. The Morgan fingerprint density at radius 2 is 1.81 bits per heavy atom. The average molecular weight is 775 g/mol. The van der Waals surface area contributed by atoms with Gasteiger partial charge in [0.05, 0.1) is 54.3 Å². The molecule has 0 radical (unpaired) electrons. The lowest BCUT2D eigenvalue weighted by molar-refractivity contribution is -0.136. The Hall–Kier alpha value is -6.23. The largest absolute Gasteiger partial charge is 0.491 e. The van der Waals surface area contributed by atoms with Gasteiger partial charge in [-0.15, -0.1) is 0 Å². The topological polar surface area (TPSA) is 176 Å². The second-order valence-corrected chi connectivity index (χ2v) is 15.9. The maximum atomic E-state index is 16.1. The number of amides is 5. The number of nitrogens with one attached hydrogen (secondary N) is 2. The van der Waals surface area contributed by atoms with Crippen LogP contribution in [-0.4, -0.2) is 115 Å². The number of hydrogen-bond acceptors (Lipinski definition) is 11. The number of nitrogens with zero attached hydrogens (tertiary/aromatic N) is 8. The Kier molecular flexibility index (Phi) is 8.31. The molecule has 5 aromatic rings. The number of imide groups is 2. The van der Waals surface area contributed by atoms with Gasteiger partial charge in [-0.2, -0.15) is 10.2 Å². The number of aromatic nitrogens is 5. The van der Waals surface area contributed by atoms with E-state index < -0.39 is 35.3 Å². The molecular formula is C40H39FN10O6. The van der Waals surface area contributed by atoms with Crippen LogP contribution in [0.1, 0.15) is 75.6 Å². The van der Waals surface area contributed by atoms with Crippen molar-refractivity contribution in [2.24, 2.45) is 5.92 Å². The third kappa shape index (κ3) is 6.44. The highest BCUT2D eigenvalue weighted by molar-refractivity contribution is 6.23. The fourth-order valence-corrected chi connectivity index (χ4v) is 8.46. The fourth-order valence-electron chi connectivity index (χ4n) is 8.46. The molecule has 10 rings (SSSR count). The molecule has 1 atom stereocenters. The van der Waals surface area contributed by atoms with Crippen LogP contribution < -0.4 is 20.3 Å². The van der Waals surface area contributed by atoms with Crippen molar-refractivity contribution in [3.8, 4) is 5.75 Å². The third-order valence-electron chi connectivity index (χ3n) is 11.7. The highest BCUT2D eigenvalue weighted by Crippen LogP contribution is 2.38. The van der Waals surface area contributed by atoms with E-state index in [1.54, 1.807) is 41.2 Å². The number of hydrogen-bond donors (Lipinski definition) is 2. The van der Waals surface area contributed by atoms with E-state index in [0.29, 0.717) is 53.9 Å². The number of carbonyl (C=O) groups excluding carboxylic acids is 5.